The number of hydrogen-bond acceptors (Lipinski definition) is 2. The summed E-state index contributed by atoms with van der Waals surface area (Å²) in [7, 11) is -3.11. The van der Waals surface area contributed by atoms with Gasteiger partial charge in [-0.05, 0) is 25.2 Å². The smallest absolute Gasteiger partial charge is 0.211 e. The molecule has 2 atom stereocenters. The van der Waals surface area contributed by atoms with Crippen LogP contribution in [-0.4, -0.2) is 25.0 Å². The van der Waals surface area contributed by atoms with Gasteiger partial charge in [-0.25, -0.2) is 13.1 Å². The van der Waals surface area contributed by atoms with E-state index in [9.17, 15) is 8.42 Å². The van der Waals surface area contributed by atoms with Crippen LogP contribution >= 0.6 is 15.9 Å². The molecule has 2 unspecified atom stereocenters. The van der Waals surface area contributed by atoms with E-state index in [1.54, 1.807) is 0 Å². The van der Waals surface area contributed by atoms with Gasteiger partial charge in [-0.2, -0.15) is 0 Å². The van der Waals surface area contributed by atoms with Gasteiger partial charge < -0.3 is 0 Å². The molecule has 0 aromatic carbocycles. The lowest BCUT2D eigenvalue weighted by molar-refractivity contribution is 0.513. The SMILES string of the molecule is CC(C)CCS(=O)(=O)NC1CCCCCC1Br. The summed E-state index contributed by atoms with van der Waals surface area (Å²) in [6.45, 7) is 4.10. The maximum atomic E-state index is 11.9. The second-order valence-corrected chi connectivity index (χ2v) is 8.43. The van der Waals surface area contributed by atoms with Crippen molar-refractivity contribution in [3.8, 4) is 0 Å². The number of alkyl halides is 1. The second kappa shape index (κ2) is 7.10. The van der Waals surface area contributed by atoms with E-state index >= 15 is 0 Å². The van der Waals surface area contributed by atoms with Crippen LogP contribution in [0.3, 0.4) is 0 Å². The zero-order chi connectivity index (χ0) is 12.9. The molecule has 0 saturated heterocycles. The molecule has 0 bridgehead atoms. The summed E-state index contributed by atoms with van der Waals surface area (Å²) in [5.41, 5.74) is 0. The van der Waals surface area contributed by atoms with Crippen molar-refractivity contribution in [3.63, 3.8) is 0 Å². The van der Waals surface area contributed by atoms with Crippen LogP contribution in [0, 0.1) is 5.92 Å². The Morgan fingerprint density at radius 3 is 2.53 bits per heavy atom. The van der Waals surface area contributed by atoms with Crippen molar-refractivity contribution in [2.75, 3.05) is 5.75 Å². The van der Waals surface area contributed by atoms with E-state index in [1.165, 1.54) is 12.8 Å². The summed E-state index contributed by atoms with van der Waals surface area (Å²) < 4.78 is 26.7. The monoisotopic (exact) mass is 325 g/mol. The Balaban J connectivity index is 2.50. The third-order valence-electron chi connectivity index (χ3n) is 3.23. The standard InChI is InChI=1S/C12H24BrNO2S/c1-10(2)8-9-17(15,16)14-12-7-5-3-4-6-11(12)13/h10-12,14H,3-9H2,1-2H3. The third-order valence-corrected chi connectivity index (χ3v) is 5.76. The molecule has 1 aliphatic carbocycles. The average molecular weight is 326 g/mol. The fraction of sp³-hybridized carbons (Fsp3) is 1.00. The molecule has 0 heterocycles. The maximum absolute atomic E-state index is 11.9. The predicted octanol–water partition coefficient (Wildman–Crippen LogP) is 3.05. The van der Waals surface area contributed by atoms with Gasteiger partial charge in [-0.15, -0.1) is 0 Å². The molecule has 3 nitrogen and oxygen atoms in total. The van der Waals surface area contributed by atoms with E-state index in [4.69, 9.17) is 0 Å². The van der Waals surface area contributed by atoms with E-state index in [0.717, 1.165) is 25.7 Å². The highest BCUT2D eigenvalue weighted by molar-refractivity contribution is 9.09. The van der Waals surface area contributed by atoms with E-state index in [1.807, 2.05) is 0 Å². The number of halogens is 1. The number of rotatable bonds is 5. The van der Waals surface area contributed by atoms with Crippen LogP contribution in [0.2, 0.25) is 0 Å². The van der Waals surface area contributed by atoms with Crippen molar-refractivity contribution in [1.82, 2.24) is 4.72 Å². The topological polar surface area (TPSA) is 46.2 Å². The van der Waals surface area contributed by atoms with Gasteiger partial charge in [0.05, 0.1) is 5.75 Å². The molecule has 0 spiro atoms. The Morgan fingerprint density at radius 1 is 1.24 bits per heavy atom. The normalized spacial score (nSPS) is 27.1. The van der Waals surface area contributed by atoms with Crippen LogP contribution < -0.4 is 4.72 Å². The van der Waals surface area contributed by atoms with Crippen LogP contribution in [-0.2, 0) is 10.0 Å². The van der Waals surface area contributed by atoms with Gasteiger partial charge in [0.15, 0.2) is 0 Å². The number of nitrogens with one attached hydrogen (secondary N) is 1. The van der Waals surface area contributed by atoms with Crippen molar-refractivity contribution < 1.29 is 8.42 Å². The highest BCUT2D eigenvalue weighted by Gasteiger charge is 2.25. The van der Waals surface area contributed by atoms with Gasteiger partial charge in [0.2, 0.25) is 10.0 Å². The van der Waals surface area contributed by atoms with Gasteiger partial charge in [0.25, 0.3) is 0 Å². The first-order valence-corrected chi connectivity index (χ1v) is 9.11. The van der Waals surface area contributed by atoms with Gasteiger partial charge in [0.1, 0.15) is 0 Å². The third kappa shape index (κ3) is 6.20. The molecule has 17 heavy (non-hydrogen) atoms. The van der Waals surface area contributed by atoms with Crippen LogP contribution in [0.5, 0.6) is 0 Å². The molecule has 1 N–H and O–H groups in total. The first-order chi connectivity index (χ1) is 7.91. The Hall–Kier alpha value is 0.390. The fourth-order valence-electron chi connectivity index (χ4n) is 2.08. The first-order valence-electron chi connectivity index (χ1n) is 6.55. The molecule has 5 heteroatoms. The molecule has 102 valence electrons. The van der Waals surface area contributed by atoms with Gasteiger partial charge in [-0.1, -0.05) is 49.0 Å². The Morgan fingerprint density at radius 2 is 1.88 bits per heavy atom. The second-order valence-electron chi connectivity index (χ2n) is 5.38. The number of sulfonamides is 1. The van der Waals surface area contributed by atoms with Crippen molar-refractivity contribution in [2.24, 2.45) is 5.92 Å². The Bertz CT molecular complexity index is 316. The summed E-state index contributed by atoms with van der Waals surface area (Å²) in [4.78, 5) is 0.291. The largest absolute Gasteiger partial charge is 0.212 e. The fourth-order valence-corrected chi connectivity index (χ4v) is 4.61. The molecular formula is C12H24BrNO2S. The molecule has 1 saturated carbocycles. The summed E-state index contributed by atoms with van der Waals surface area (Å²) >= 11 is 3.61. The van der Waals surface area contributed by atoms with Gasteiger partial charge >= 0.3 is 0 Å². The van der Waals surface area contributed by atoms with E-state index in [0.29, 0.717) is 10.7 Å². The quantitative estimate of drug-likeness (QED) is 0.623. The number of hydrogen-bond donors (Lipinski definition) is 1. The van der Waals surface area contributed by atoms with Crippen molar-refractivity contribution >= 4 is 26.0 Å². The minimum atomic E-state index is -3.11. The molecule has 0 aromatic heterocycles. The molecule has 0 aromatic rings. The van der Waals surface area contributed by atoms with Gasteiger partial charge in [-0.3, -0.25) is 0 Å². The summed E-state index contributed by atoms with van der Waals surface area (Å²) in [6.07, 6.45) is 6.29. The van der Waals surface area contributed by atoms with Crippen LogP contribution in [0.15, 0.2) is 0 Å². The molecule has 1 rings (SSSR count). The lowest BCUT2D eigenvalue weighted by Gasteiger charge is -2.21. The van der Waals surface area contributed by atoms with Crippen LogP contribution in [0.4, 0.5) is 0 Å². The zero-order valence-electron chi connectivity index (χ0n) is 10.8. The molecule has 0 radical (unpaired) electrons. The Labute approximate surface area is 114 Å². The molecule has 0 aliphatic heterocycles. The van der Waals surface area contributed by atoms with Gasteiger partial charge in [0, 0.05) is 10.9 Å². The molecule has 0 amide bonds. The summed E-state index contributed by atoms with van der Waals surface area (Å²) in [5.74, 6) is 0.682. The van der Waals surface area contributed by atoms with E-state index in [-0.39, 0.29) is 11.8 Å². The average Bonchev–Trinajstić information content (AvgIpc) is 2.42. The van der Waals surface area contributed by atoms with Crippen LogP contribution in [0.1, 0.15) is 52.4 Å². The predicted molar refractivity (Wildman–Crippen MR) is 76.0 cm³/mol. The maximum Gasteiger partial charge on any atom is 0.211 e. The summed E-state index contributed by atoms with van der Waals surface area (Å²) in [6, 6.07) is 0.0784. The van der Waals surface area contributed by atoms with E-state index in [2.05, 4.69) is 34.5 Å². The lowest BCUT2D eigenvalue weighted by Crippen LogP contribution is -2.41. The van der Waals surface area contributed by atoms with E-state index < -0.39 is 10.0 Å². The zero-order valence-corrected chi connectivity index (χ0v) is 13.2. The van der Waals surface area contributed by atoms with Crippen LogP contribution in [0.25, 0.3) is 0 Å². The van der Waals surface area contributed by atoms with Crippen molar-refractivity contribution in [3.05, 3.63) is 0 Å². The summed E-state index contributed by atoms with van der Waals surface area (Å²) in [5, 5.41) is 0. The minimum Gasteiger partial charge on any atom is -0.212 e. The highest BCUT2D eigenvalue weighted by Crippen LogP contribution is 2.24. The molecule has 1 aliphatic rings. The van der Waals surface area contributed by atoms with Crippen molar-refractivity contribution in [1.29, 1.82) is 0 Å². The van der Waals surface area contributed by atoms with Crippen molar-refractivity contribution in [2.45, 2.75) is 63.2 Å². The highest BCUT2D eigenvalue weighted by atomic mass is 79.9. The first kappa shape index (κ1) is 15.4. The molecular weight excluding hydrogens is 302 g/mol. The minimum absolute atomic E-state index is 0.0784. The lowest BCUT2D eigenvalue weighted by atomic mass is 10.1. The Kier molecular flexibility index (Phi) is 6.45. The molecule has 1 fully saturated rings.